The van der Waals surface area contributed by atoms with E-state index < -0.39 is 10.0 Å². The van der Waals surface area contributed by atoms with Gasteiger partial charge < -0.3 is 18.8 Å². The summed E-state index contributed by atoms with van der Waals surface area (Å²) in [6, 6.07) is 12.1. The second-order valence-electron chi connectivity index (χ2n) is 7.65. The molecule has 4 rings (SSSR count). The zero-order valence-corrected chi connectivity index (χ0v) is 19.9. The molecular formula is C23H26N2O6S2. The number of nitrogens with zero attached hydrogens (tertiary/aromatic N) is 1. The molecule has 0 unspecified atom stereocenters. The van der Waals surface area contributed by atoms with Gasteiger partial charge in [-0.2, -0.15) is 0 Å². The average molecular weight is 491 g/mol. The van der Waals surface area contributed by atoms with Crippen LogP contribution in [0.4, 0.5) is 0 Å². The quantitative estimate of drug-likeness (QED) is 0.491. The Hall–Kier alpha value is -2.82. The Labute approximate surface area is 197 Å². The van der Waals surface area contributed by atoms with Gasteiger partial charge in [0.15, 0.2) is 11.5 Å². The summed E-state index contributed by atoms with van der Waals surface area (Å²) in [5, 5.41) is 0. The van der Waals surface area contributed by atoms with Gasteiger partial charge in [0, 0.05) is 35.2 Å². The van der Waals surface area contributed by atoms with Gasteiger partial charge in [-0.25, -0.2) is 13.1 Å². The molecule has 0 saturated heterocycles. The number of thiophene rings is 1. The summed E-state index contributed by atoms with van der Waals surface area (Å²) in [5.41, 5.74) is 0. The van der Waals surface area contributed by atoms with Gasteiger partial charge in [0.1, 0.15) is 5.76 Å². The zero-order chi connectivity index (χ0) is 23.3. The standard InChI is InChI=1S/C23H26N2O6S2/c1-17-5-6-19(32-17)16-25(15-18-4-2-11-29-18)23(26)9-10-24-33(27,28)20-7-8-21-22(14-20)31-13-3-12-30-21/h2,4-8,11,14,24H,3,9-10,12-13,15-16H2,1H3. The molecular weight excluding hydrogens is 464 g/mol. The van der Waals surface area contributed by atoms with Gasteiger partial charge in [-0.05, 0) is 43.3 Å². The van der Waals surface area contributed by atoms with Gasteiger partial charge in [-0.3, -0.25) is 4.79 Å². The molecule has 3 aromatic rings. The highest BCUT2D eigenvalue weighted by atomic mass is 32.2. The van der Waals surface area contributed by atoms with E-state index in [4.69, 9.17) is 13.9 Å². The molecule has 0 aliphatic carbocycles. The van der Waals surface area contributed by atoms with E-state index in [1.165, 1.54) is 17.0 Å². The van der Waals surface area contributed by atoms with Crippen LogP contribution in [0.1, 0.15) is 28.4 Å². The third-order valence-electron chi connectivity index (χ3n) is 5.08. The van der Waals surface area contributed by atoms with Crippen LogP contribution in [-0.4, -0.2) is 39.0 Å². The Balaban J connectivity index is 1.38. The number of sulfonamides is 1. The molecule has 176 valence electrons. The number of benzene rings is 1. The van der Waals surface area contributed by atoms with Crippen LogP contribution in [-0.2, 0) is 27.9 Å². The first-order chi connectivity index (χ1) is 15.9. The Morgan fingerprint density at radius 1 is 1.09 bits per heavy atom. The van der Waals surface area contributed by atoms with Crippen molar-refractivity contribution in [3.8, 4) is 11.5 Å². The number of furan rings is 1. The first kappa shape index (κ1) is 23.3. The van der Waals surface area contributed by atoms with Gasteiger partial charge in [-0.15, -0.1) is 11.3 Å². The lowest BCUT2D eigenvalue weighted by atomic mass is 10.3. The number of ether oxygens (including phenoxy) is 2. The Kier molecular flexibility index (Phi) is 7.36. The number of nitrogens with one attached hydrogen (secondary N) is 1. The van der Waals surface area contributed by atoms with Gasteiger partial charge in [-0.1, -0.05) is 0 Å². The molecule has 1 amide bonds. The molecule has 0 saturated carbocycles. The smallest absolute Gasteiger partial charge is 0.240 e. The Morgan fingerprint density at radius 3 is 2.64 bits per heavy atom. The maximum atomic E-state index is 13.0. The van der Waals surface area contributed by atoms with Crippen LogP contribution >= 0.6 is 11.3 Å². The second-order valence-corrected chi connectivity index (χ2v) is 10.8. The molecule has 2 aromatic heterocycles. The predicted octanol–water partition coefficient (Wildman–Crippen LogP) is 3.71. The fourth-order valence-electron chi connectivity index (χ4n) is 3.43. The number of amides is 1. The molecule has 3 heterocycles. The van der Waals surface area contributed by atoms with E-state index in [0.29, 0.717) is 43.6 Å². The molecule has 0 fully saturated rings. The minimum Gasteiger partial charge on any atom is -0.490 e. The SMILES string of the molecule is Cc1ccc(CN(Cc2ccco2)C(=O)CCNS(=O)(=O)c2ccc3c(c2)OCCCO3)s1. The molecule has 1 aromatic carbocycles. The monoisotopic (exact) mass is 490 g/mol. The van der Waals surface area contributed by atoms with Crippen LogP contribution in [0.5, 0.6) is 11.5 Å². The summed E-state index contributed by atoms with van der Waals surface area (Å²) in [6.45, 7) is 3.74. The van der Waals surface area contributed by atoms with Crippen molar-refractivity contribution in [1.82, 2.24) is 9.62 Å². The van der Waals surface area contributed by atoms with E-state index in [1.807, 2.05) is 25.1 Å². The molecule has 10 heteroatoms. The van der Waals surface area contributed by atoms with Crippen molar-refractivity contribution in [2.24, 2.45) is 0 Å². The number of aryl methyl sites for hydroxylation is 1. The normalized spacial score (nSPS) is 13.5. The summed E-state index contributed by atoms with van der Waals surface area (Å²) in [5.74, 6) is 1.43. The molecule has 0 radical (unpaired) electrons. The zero-order valence-electron chi connectivity index (χ0n) is 18.3. The second kappa shape index (κ2) is 10.4. The lowest BCUT2D eigenvalue weighted by molar-refractivity contribution is -0.132. The van der Waals surface area contributed by atoms with Crippen molar-refractivity contribution in [2.45, 2.75) is 37.8 Å². The highest BCUT2D eigenvalue weighted by Crippen LogP contribution is 2.31. The topological polar surface area (TPSA) is 98.1 Å². The molecule has 0 bridgehead atoms. The Morgan fingerprint density at radius 2 is 1.91 bits per heavy atom. The van der Waals surface area contributed by atoms with Gasteiger partial charge in [0.2, 0.25) is 15.9 Å². The van der Waals surface area contributed by atoms with Crippen molar-refractivity contribution in [3.05, 3.63) is 64.2 Å². The lowest BCUT2D eigenvalue weighted by Crippen LogP contribution is -2.33. The summed E-state index contributed by atoms with van der Waals surface area (Å²) in [4.78, 5) is 16.9. The third-order valence-corrected chi connectivity index (χ3v) is 7.53. The summed E-state index contributed by atoms with van der Waals surface area (Å²) < 4.78 is 44.6. The van der Waals surface area contributed by atoms with Gasteiger partial charge in [0.05, 0.1) is 37.5 Å². The fraction of sp³-hybridized carbons (Fsp3) is 0.348. The van der Waals surface area contributed by atoms with Gasteiger partial charge >= 0.3 is 0 Å². The summed E-state index contributed by atoms with van der Waals surface area (Å²) >= 11 is 1.63. The fourth-order valence-corrected chi connectivity index (χ4v) is 5.38. The van der Waals surface area contributed by atoms with E-state index in [0.717, 1.165) is 11.3 Å². The van der Waals surface area contributed by atoms with Crippen LogP contribution in [0.25, 0.3) is 0 Å². The highest BCUT2D eigenvalue weighted by Gasteiger charge is 2.21. The largest absolute Gasteiger partial charge is 0.490 e. The number of hydrogen-bond donors (Lipinski definition) is 1. The number of hydrogen-bond acceptors (Lipinski definition) is 7. The number of rotatable bonds is 9. The van der Waals surface area contributed by atoms with Crippen LogP contribution in [0.3, 0.4) is 0 Å². The van der Waals surface area contributed by atoms with E-state index in [9.17, 15) is 13.2 Å². The van der Waals surface area contributed by atoms with Crippen LogP contribution in [0.2, 0.25) is 0 Å². The van der Waals surface area contributed by atoms with E-state index >= 15 is 0 Å². The minimum atomic E-state index is -3.81. The molecule has 8 nitrogen and oxygen atoms in total. The summed E-state index contributed by atoms with van der Waals surface area (Å²) in [7, 11) is -3.81. The van der Waals surface area contributed by atoms with Crippen molar-refractivity contribution < 1.29 is 27.1 Å². The van der Waals surface area contributed by atoms with E-state index in [1.54, 1.807) is 34.6 Å². The molecule has 33 heavy (non-hydrogen) atoms. The molecule has 0 atom stereocenters. The van der Waals surface area contributed by atoms with Crippen molar-refractivity contribution in [1.29, 1.82) is 0 Å². The molecule has 1 aliphatic heterocycles. The molecule has 1 aliphatic rings. The molecule has 1 N–H and O–H groups in total. The van der Waals surface area contributed by atoms with E-state index in [2.05, 4.69) is 4.72 Å². The van der Waals surface area contributed by atoms with Crippen molar-refractivity contribution >= 4 is 27.3 Å². The van der Waals surface area contributed by atoms with Gasteiger partial charge in [0.25, 0.3) is 0 Å². The average Bonchev–Trinajstić information content (AvgIpc) is 3.38. The first-order valence-electron chi connectivity index (χ1n) is 10.7. The molecule has 0 spiro atoms. The van der Waals surface area contributed by atoms with Crippen LogP contribution in [0.15, 0.2) is 58.0 Å². The minimum absolute atomic E-state index is 0.0201. The van der Waals surface area contributed by atoms with E-state index in [-0.39, 0.29) is 23.8 Å². The first-order valence-corrected chi connectivity index (χ1v) is 13.0. The maximum Gasteiger partial charge on any atom is 0.240 e. The highest BCUT2D eigenvalue weighted by molar-refractivity contribution is 7.89. The number of carbonyl (C=O) groups excluding carboxylic acids is 1. The predicted molar refractivity (Wildman–Crippen MR) is 124 cm³/mol. The summed E-state index contributed by atoms with van der Waals surface area (Å²) in [6.07, 6.45) is 2.32. The van der Waals surface area contributed by atoms with Crippen molar-refractivity contribution in [3.63, 3.8) is 0 Å². The number of fused-ring (bicyclic) bond motifs is 1. The maximum absolute atomic E-state index is 13.0. The third kappa shape index (κ3) is 6.16. The Bertz CT molecular complexity index is 1190. The number of carbonyl (C=O) groups is 1. The van der Waals surface area contributed by atoms with Crippen molar-refractivity contribution in [2.75, 3.05) is 19.8 Å². The van der Waals surface area contributed by atoms with Crippen LogP contribution < -0.4 is 14.2 Å². The van der Waals surface area contributed by atoms with Crippen LogP contribution in [0, 0.1) is 6.92 Å². The lowest BCUT2D eigenvalue weighted by Gasteiger charge is -2.21.